The van der Waals surface area contributed by atoms with Crippen LogP contribution in [0.3, 0.4) is 0 Å². The zero-order valence-electron chi connectivity index (χ0n) is 12.7. The first-order valence-corrected chi connectivity index (χ1v) is 7.62. The Morgan fingerprint density at radius 2 is 1.95 bits per heavy atom. The van der Waals surface area contributed by atoms with E-state index in [0.717, 1.165) is 24.2 Å². The number of nitrogens with two attached hydrogens (primary N) is 1. The third kappa shape index (κ3) is 2.74. The molecule has 1 heterocycles. The fraction of sp³-hybridized carbons (Fsp3) is 0.278. The number of rotatable bonds is 5. The summed E-state index contributed by atoms with van der Waals surface area (Å²) in [7, 11) is 0. The third-order valence-corrected chi connectivity index (χ3v) is 4.00. The molecule has 0 aliphatic heterocycles. The highest BCUT2D eigenvalue weighted by Crippen LogP contribution is 2.27. The van der Waals surface area contributed by atoms with Crippen LogP contribution >= 0.6 is 0 Å². The molecule has 0 aliphatic rings. The molecule has 3 aromatic rings. The summed E-state index contributed by atoms with van der Waals surface area (Å²) < 4.78 is 15.7. The molecular weight excluding hydrogens is 277 g/mol. The average Bonchev–Trinajstić information content (AvgIpc) is 2.90. The second-order valence-electron chi connectivity index (χ2n) is 5.51. The van der Waals surface area contributed by atoms with E-state index in [1.54, 1.807) is 0 Å². The zero-order chi connectivity index (χ0) is 15.5. The van der Waals surface area contributed by atoms with E-state index in [1.165, 1.54) is 17.7 Å². The number of hydrogen-bond acceptors (Lipinski definition) is 2. The Hall–Kier alpha value is -2.20. The van der Waals surface area contributed by atoms with Gasteiger partial charge in [-0.25, -0.2) is 9.37 Å². The van der Waals surface area contributed by atoms with Gasteiger partial charge in [-0.1, -0.05) is 30.3 Å². The first kappa shape index (κ1) is 14.7. The van der Waals surface area contributed by atoms with Gasteiger partial charge >= 0.3 is 0 Å². The summed E-state index contributed by atoms with van der Waals surface area (Å²) in [6.07, 6.45) is 1.66. The van der Waals surface area contributed by atoms with Gasteiger partial charge in [-0.05, 0) is 37.6 Å². The Morgan fingerprint density at radius 3 is 2.68 bits per heavy atom. The molecule has 0 saturated heterocycles. The van der Waals surface area contributed by atoms with Crippen molar-refractivity contribution < 1.29 is 4.39 Å². The second-order valence-corrected chi connectivity index (χ2v) is 5.51. The van der Waals surface area contributed by atoms with E-state index in [9.17, 15) is 4.39 Å². The summed E-state index contributed by atoms with van der Waals surface area (Å²) >= 11 is 0. The number of aromatic nitrogens is 2. The number of fused-ring (bicyclic) bond motifs is 1. The van der Waals surface area contributed by atoms with Gasteiger partial charge in [-0.3, -0.25) is 0 Å². The van der Waals surface area contributed by atoms with Crippen LogP contribution in [0, 0.1) is 5.82 Å². The highest BCUT2D eigenvalue weighted by Gasteiger charge is 2.17. The molecule has 2 aromatic carbocycles. The molecule has 0 radical (unpaired) electrons. The number of aryl methyl sites for hydroxylation is 1. The topological polar surface area (TPSA) is 43.8 Å². The van der Waals surface area contributed by atoms with Gasteiger partial charge in [0, 0.05) is 12.5 Å². The summed E-state index contributed by atoms with van der Waals surface area (Å²) in [4.78, 5) is 4.63. The van der Waals surface area contributed by atoms with Crippen molar-refractivity contribution in [2.45, 2.75) is 25.8 Å². The number of imidazole rings is 1. The van der Waals surface area contributed by atoms with E-state index in [4.69, 9.17) is 5.73 Å². The largest absolute Gasteiger partial charge is 0.330 e. The Bertz CT molecular complexity index is 765. The van der Waals surface area contributed by atoms with Crippen molar-refractivity contribution in [3.8, 4) is 0 Å². The molecule has 0 fully saturated rings. The number of benzene rings is 2. The maximum Gasteiger partial charge on any atom is 0.125 e. The molecule has 0 spiro atoms. The molecule has 3 nitrogen and oxygen atoms in total. The molecular formula is C18H20FN3. The van der Waals surface area contributed by atoms with Crippen LogP contribution in [0.1, 0.15) is 30.8 Å². The average molecular weight is 297 g/mol. The predicted molar refractivity (Wildman–Crippen MR) is 87.3 cm³/mol. The van der Waals surface area contributed by atoms with Crippen LogP contribution in [0.5, 0.6) is 0 Å². The van der Waals surface area contributed by atoms with Gasteiger partial charge in [0.1, 0.15) is 11.6 Å². The SMILES string of the molecule is CC(c1ccccc1)n1c(CCCN)nc2cc(F)ccc21. The van der Waals surface area contributed by atoms with Crippen LogP contribution in [0.25, 0.3) is 11.0 Å². The number of halogens is 1. The summed E-state index contributed by atoms with van der Waals surface area (Å²) in [5.74, 6) is 0.706. The van der Waals surface area contributed by atoms with E-state index < -0.39 is 0 Å². The maximum atomic E-state index is 13.5. The van der Waals surface area contributed by atoms with Gasteiger partial charge in [0.05, 0.1) is 17.1 Å². The first-order valence-electron chi connectivity index (χ1n) is 7.62. The lowest BCUT2D eigenvalue weighted by molar-refractivity contribution is 0.607. The van der Waals surface area contributed by atoms with Gasteiger partial charge in [-0.2, -0.15) is 0 Å². The highest BCUT2D eigenvalue weighted by molar-refractivity contribution is 5.76. The molecule has 1 unspecified atom stereocenters. The number of hydrogen-bond donors (Lipinski definition) is 1. The minimum Gasteiger partial charge on any atom is -0.330 e. The van der Waals surface area contributed by atoms with Crippen molar-refractivity contribution in [1.82, 2.24) is 9.55 Å². The van der Waals surface area contributed by atoms with E-state index in [1.807, 2.05) is 24.3 Å². The van der Waals surface area contributed by atoms with Crippen molar-refractivity contribution in [3.05, 3.63) is 65.7 Å². The van der Waals surface area contributed by atoms with Crippen molar-refractivity contribution in [2.24, 2.45) is 5.73 Å². The fourth-order valence-corrected chi connectivity index (χ4v) is 2.87. The van der Waals surface area contributed by atoms with E-state index >= 15 is 0 Å². The van der Waals surface area contributed by atoms with Crippen LogP contribution in [0.15, 0.2) is 48.5 Å². The Morgan fingerprint density at radius 1 is 1.18 bits per heavy atom. The van der Waals surface area contributed by atoms with E-state index in [-0.39, 0.29) is 11.9 Å². The highest BCUT2D eigenvalue weighted by atomic mass is 19.1. The summed E-state index contributed by atoms with van der Waals surface area (Å²) in [6, 6.07) is 15.2. The van der Waals surface area contributed by atoms with Crippen LogP contribution in [0.2, 0.25) is 0 Å². The Kier molecular flexibility index (Phi) is 4.20. The molecule has 114 valence electrons. The molecule has 0 bridgehead atoms. The monoisotopic (exact) mass is 297 g/mol. The van der Waals surface area contributed by atoms with Gasteiger partial charge < -0.3 is 10.3 Å². The molecule has 2 N–H and O–H groups in total. The molecule has 0 aliphatic carbocycles. The molecule has 1 atom stereocenters. The van der Waals surface area contributed by atoms with Crippen molar-refractivity contribution in [2.75, 3.05) is 6.54 Å². The molecule has 3 rings (SSSR count). The first-order chi connectivity index (χ1) is 10.7. The predicted octanol–water partition coefficient (Wildman–Crippen LogP) is 3.68. The van der Waals surface area contributed by atoms with Gasteiger partial charge in [0.15, 0.2) is 0 Å². The molecule has 1 aromatic heterocycles. The van der Waals surface area contributed by atoms with Crippen LogP contribution in [-0.2, 0) is 6.42 Å². The standard InChI is InChI=1S/C18H20FN3/c1-13(14-6-3-2-4-7-14)22-17-10-9-15(19)12-16(17)21-18(22)8-5-11-20/h2-4,6-7,9-10,12-13H,5,8,11,20H2,1H3. The quantitative estimate of drug-likeness (QED) is 0.780. The number of nitrogens with zero attached hydrogens (tertiary/aromatic N) is 2. The summed E-state index contributed by atoms with van der Waals surface area (Å²) in [6.45, 7) is 2.77. The third-order valence-electron chi connectivity index (χ3n) is 4.00. The summed E-state index contributed by atoms with van der Waals surface area (Å²) in [5, 5.41) is 0. The van der Waals surface area contributed by atoms with Crippen molar-refractivity contribution in [1.29, 1.82) is 0 Å². The smallest absolute Gasteiger partial charge is 0.125 e. The fourth-order valence-electron chi connectivity index (χ4n) is 2.87. The van der Waals surface area contributed by atoms with Crippen LogP contribution < -0.4 is 5.73 Å². The lowest BCUT2D eigenvalue weighted by Crippen LogP contribution is -2.12. The van der Waals surface area contributed by atoms with Gasteiger partial charge in [0.25, 0.3) is 0 Å². The van der Waals surface area contributed by atoms with Crippen LogP contribution in [-0.4, -0.2) is 16.1 Å². The van der Waals surface area contributed by atoms with Gasteiger partial charge in [-0.15, -0.1) is 0 Å². The van der Waals surface area contributed by atoms with Crippen molar-refractivity contribution >= 4 is 11.0 Å². The zero-order valence-corrected chi connectivity index (χ0v) is 12.7. The van der Waals surface area contributed by atoms with E-state index in [0.29, 0.717) is 12.1 Å². The van der Waals surface area contributed by atoms with Gasteiger partial charge in [0.2, 0.25) is 0 Å². The van der Waals surface area contributed by atoms with Crippen LogP contribution in [0.4, 0.5) is 4.39 Å². The normalized spacial score (nSPS) is 12.7. The Balaban J connectivity index is 2.12. The maximum absolute atomic E-state index is 13.5. The molecule has 4 heteroatoms. The molecule has 22 heavy (non-hydrogen) atoms. The lowest BCUT2D eigenvalue weighted by atomic mass is 10.1. The molecule has 0 amide bonds. The molecule has 0 saturated carbocycles. The summed E-state index contributed by atoms with van der Waals surface area (Å²) in [5.41, 5.74) is 8.51. The second kappa shape index (κ2) is 6.28. The van der Waals surface area contributed by atoms with E-state index in [2.05, 4.69) is 28.6 Å². The minimum atomic E-state index is -0.255. The minimum absolute atomic E-state index is 0.143. The Labute approximate surface area is 129 Å². The lowest BCUT2D eigenvalue weighted by Gasteiger charge is -2.18. The van der Waals surface area contributed by atoms with Crippen molar-refractivity contribution in [3.63, 3.8) is 0 Å².